The second-order valence-electron chi connectivity index (χ2n) is 4.35. The molecule has 1 aliphatic heterocycles. The topological polar surface area (TPSA) is 20.3 Å². The van der Waals surface area contributed by atoms with E-state index in [1.54, 1.807) is 0 Å². The van der Waals surface area contributed by atoms with Crippen LogP contribution in [0.1, 0.15) is 46.0 Å². The minimum absolute atomic E-state index is 0.240. The van der Waals surface area contributed by atoms with Crippen LogP contribution in [0.15, 0.2) is 0 Å². The highest BCUT2D eigenvalue weighted by Crippen LogP contribution is 2.22. The Morgan fingerprint density at radius 2 is 2.07 bits per heavy atom. The van der Waals surface area contributed by atoms with Gasteiger partial charge in [-0.2, -0.15) is 0 Å². The average molecular weight is 276 g/mol. The molecule has 1 saturated heterocycles. The standard InChI is InChI=1S/C12H22BrNO/c1-3-10(4-2)12(15)14-8-6-5-7-11(14)9-13/h10-11H,3-9H2,1-2H3. The summed E-state index contributed by atoms with van der Waals surface area (Å²) < 4.78 is 0. The minimum Gasteiger partial charge on any atom is -0.339 e. The zero-order valence-corrected chi connectivity index (χ0v) is 11.4. The minimum atomic E-state index is 0.240. The summed E-state index contributed by atoms with van der Waals surface area (Å²) >= 11 is 3.52. The highest BCUT2D eigenvalue weighted by Gasteiger charge is 2.29. The Balaban J connectivity index is 2.62. The number of piperidine rings is 1. The number of carbonyl (C=O) groups excluding carboxylic acids is 1. The maximum Gasteiger partial charge on any atom is 0.225 e. The lowest BCUT2D eigenvalue weighted by Crippen LogP contribution is -2.47. The molecule has 0 aliphatic carbocycles. The fourth-order valence-electron chi connectivity index (χ4n) is 2.32. The zero-order chi connectivity index (χ0) is 11.3. The summed E-state index contributed by atoms with van der Waals surface area (Å²) in [5, 5.41) is 0.929. The van der Waals surface area contributed by atoms with Gasteiger partial charge in [0.25, 0.3) is 0 Å². The van der Waals surface area contributed by atoms with Gasteiger partial charge in [0.1, 0.15) is 0 Å². The molecule has 1 rings (SSSR count). The van der Waals surface area contributed by atoms with Crippen LogP contribution < -0.4 is 0 Å². The Hall–Kier alpha value is -0.0500. The molecule has 0 aromatic heterocycles. The molecule has 0 radical (unpaired) electrons. The van der Waals surface area contributed by atoms with Crippen molar-refractivity contribution in [2.75, 3.05) is 11.9 Å². The van der Waals surface area contributed by atoms with E-state index in [4.69, 9.17) is 0 Å². The molecule has 3 heteroatoms. The van der Waals surface area contributed by atoms with Crippen LogP contribution in [0.2, 0.25) is 0 Å². The van der Waals surface area contributed by atoms with Crippen molar-refractivity contribution < 1.29 is 4.79 Å². The van der Waals surface area contributed by atoms with Crippen molar-refractivity contribution in [1.29, 1.82) is 0 Å². The Morgan fingerprint density at radius 3 is 2.60 bits per heavy atom. The first kappa shape index (κ1) is 13.0. The number of hydrogen-bond acceptors (Lipinski definition) is 1. The summed E-state index contributed by atoms with van der Waals surface area (Å²) in [7, 11) is 0. The van der Waals surface area contributed by atoms with Crippen molar-refractivity contribution in [2.24, 2.45) is 5.92 Å². The van der Waals surface area contributed by atoms with Gasteiger partial charge in [-0.1, -0.05) is 29.8 Å². The first-order valence-electron chi connectivity index (χ1n) is 6.11. The summed E-state index contributed by atoms with van der Waals surface area (Å²) in [5.41, 5.74) is 0. The van der Waals surface area contributed by atoms with Crippen molar-refractivity contribution in [3.05, 3.63) is 0 Å². The Labute approximate surface area is 102 Å². The van der Waals surface area contributed by atoms with E-state index in [2.05, 4.69) is 34.7 Å². The van der Waals surface area contributed by atoms with E-state index in [9.17, 15) is 4.79 Å². The maximum atomic E-state index is 12.2. The third kappa shape index (κ3) is 3.20. The third-order valence-electron chi connectivity index (χ3n) is 3.42. The lowest BCUT2D eigenvalue weighted by atomic mass is 9.97. The lowest BCUT2D eigenvalue weighted by Gasteiger charge is -2.36. The van der Waals surface area contributed by atoms with Crippen LogP contribution in [-0.2, 0) is 4.79 Å². The molecule has 0 spiro atoms. The molecule has 1 amide bonds. The van der Waals surface area contributed by atoms with E-state index in [1.165, 1.54) is 12.8 Å². The fraction of sp³-hybridized carbons (Fsp3) is 0.917. The van der Waals surface area contributed by atoms with E-state index in [0.29, 0.717) is 11.9 Å². The van der Waals surface area contributed by atoms with Crippen molar-refractivity contribution >= 4 is 21.8 Å². The summed E-state index contributed by atoms with van der Waals surface area (Å²) in [6.45, 7) is 5.18. The van der Waals surface area contributed by atoms with Gasteiger partial charge in [-0.05, 0) is 32.1 Å². The van der Waals surface area contributed by atoms with Gasteiger partial charge in [0.05, 0.1) is 0 Å². The van der Waals surface area contributed by atoms with Gasteiger partial charge in [0.15, 0.2) is 0 Å². The summed E-state index contributed by atoms with van der Waals surface area (Å²) in [6.07, 6.45) is 5.55. The van der Waals surface area contributed by atoms with Crippen LogP contribution in [0.4, 0.5) is 0 Å². The number of carbonyl (C=O) groups is 1. The zero-order valence-electron chi connectivity index (χ0n) is 9.84. The van der Waals surface area contributed by atoms with Crippen LogP contribution >= 0.6 is 15.9 Å². The Kier molecular flexibility index (Phi) is 5.65. The van der Waals surface area contributed by atoms with Gasteiger partial charge in [-0.3, -0.25) is 4.79 Å². The number of nitrogens with zero attached hydrogens (tertiary/aromatic N) is 1. The van der Waals surface area contributed by atoms with Crippen LogP contribution in [0.5, 0.6) is 0 Å². The highest BCUT2D eigenvalue weighted by molar-refractivity contribution is 9.09. The SMILES string of the molecule is CCC(CC)C(=O)N1CCCCC1CBr. The number of likely N-dealkylation sites (tertiary alicyclic amines) is 1. The normalized spacial score (nSPS) is 22.1. The molecule has 1 unspecified atom stereocenters. The number of amides is 1. The van der Waals surface area contributed by atoms with Crippen LogP contribution in [0.25, 0.3) is 0 Å². The summed E-state index contributed by atoms with van der Waals surface area (Å²) in [6, 6.07) is 0.437. The van der Waals surface area contributed by atoms with E-state index in [0.717, 1.165) is 31.1 Å². The van der Waals surface area contributed by atoms with E-state index < -0.39 is 0 Å². The second-order valence-corrected chi connectivity index (χ2v) is 5.00. The van der Waals surface area contributed by atoms with Gasteiger partial charge >= 0.3 is 0 Å². The highest BCUT2D eigenvalue weighted by atomic mass is 79.9. The molecule has 88 valence electrons. The Morgan fingerprint density at radius 1 is 1.40 bits per heavy atom. The quantitative estimate of drug-likeness (QED) is 0.722. The van der Waals surface area contributed by atoms with Crippen molar-refractivity contribution in [3.63, 3.8) is 0 Å². The van der Waals surface area contributed by atoms with Gasteiger partial charge < -0.3 is 4.90 Å². The maximum absolute atomic E-state index is 12.2. The molecule has 0 N–H and O–H groups in total. The first-order chi connectivity index (χ1) is 7.24. The molecule has 15 heavy (non-hydrogen) atoms. The number of halogens is 1. The number of hydrogen-bond donors (Lipinski definition) is 0. The van der Waals surface area contributed by atoms with E-state index in [-0.39, 0.29) is 5.92 Å². The molecular weight excluding hydrogens is 254 g/mol. The molecule has 0 saturated carbocycles. The number of alkyl halides is 1. The van der Waals surface area contributed by atoms with Crippen LogP contribution in [0.3, 0.4) is 0 Å². The van der Waals surface area contributed by atoms with Crippen molar-refractivity contribution in [3.8, 4) is 0 Å². The molecule has 1 heterocycles. The summed E-state index contributed by atoms with van der Waals surface area (Å²) in [4.78, 5) is 14.3. The van der Waals surface area contributed by atoms with Gasteiger partial charge in [0.2, 0.25) is 5.91 Å². The molecule has 0 aromatic rings. The second kappa shape index (κ2) is 6.51. The molecule has 1 atom stereocenters. The third-order valence-corrected chi connectivity index (χ3v) is 4.17. The van der Waals surface area contributed by atoms with Crippen molar-refractivity contribution in [2.45, 2.75) is 52.0 Å². The largest absolute Gasteiger partial charge is 0.339 e. The molecule has 1 fully saturated rings. The van der Waals surface area contributed by atoms with Gasteiger partial charge in [-0.25, -0.2) is 0 Å². The van der Waals surface area contributed by atoms with E-state index >= 15 is 0 Å². The van der Waals surface area contributed by atoms with E-state index in [1.807, 2.05) is 0 Å². The average Bonchev–Trinajstić information content (AvgIpc) is 2.30. The first-order valence-corrected chi connectivity index (χ1v) is 7.23. The lowest BCUT2D eigenvalue weighted by molar-refractivity contribution is -0.138. The molecular formula is C12H22BrNO. The summed E-state index contributed by atoms with van der Waals surface area (Å²) in [5.74, 6) is 0.619. The number of rotatable bonds is 4. The smallest absolute Gasteiger partial charge is 0.225 e. The Bertz CT molecular complexity index is 204. The van der Waals surface area contributed by atoms with Crippen molar-refractivity contribution in [1.82, 2.24) is 4.90 Å². The van der Waals surface area contributed by atoms with Crippen LogP contribution in [-0.4, -0.2) is 28.7 Å². The van der Waals surface area contributed by atoms with Gasteiger partial charge in [-0.15, -0.1) is 0 Å². The predicted octanol–water partition coefficient (Wildman–Crippen LogP) is 3.20. The molecule has 0 aromatic carbocycles. The van der Waals surface area contributed by atoms with Crippen LogP contribution in [0, 0.1) is 5.92 Å². The molecule has 2 nitrogen and oxygen atoms in total. The van der Waals surface area contributed by atoms with Gasteiger partial charge in [0, 0.05) is 23.8 Å². The monoisotopic (exact) mass is 275 g/mol. The molecule has 0 bridgehead atoms. The predicted molar refractivity (Wildman–Crippen MR) is 67.2 cm³/mol. The fourth-order valence-corrected chi connectivity index (χ4v) is 3.00. The molecule has 1 aliphatic rings.